The van der Waals surface area contributed by atoms with Crippen molar-refractivity contribution in [1.29, 1.82) is 0 Å². The average molecular weight is 545 g/mol. The second-order valence-corrected chi connectivity index (χ2v) is 12.8. The second-order valence-electron chi connectivity index (χ2n) is 12.8. The van der Waals surface area contributed by atoms with E-state index < -0.39 is 11.2 Å². The normalized spacial score (nSPS) is 19.1. The number of carbonyl (C=O) groups is 2. The van der Waals surface area contributed by atoms with Crippen LogP contribution in [0.5, 0.6) is 0 Å². The highest BCUT2D eigenvalue weighted by molar-refractivity contribution is 5.99. The van der Waals surface area contributed by atoms with Gasteiger partial charge in [-0.1, -0.05) is 12.1 Å². The summed E-state index contributed by atoms with van der Waals surface area (Å²) in [4.78, 5) is 38.4. The van der Waals surface area contributed by atoms with E-state index in [0.29, 0.717) is 13.1 Å². The van der Waals surface area contributed by atoms with Crippen LogP contribution >= 0.6 is 0 Å². The van der Waals surface area contributed by atoms with Gasteiger partial charge in [0, 0.05) is 25.9 Å². The standard InChI is InChI=1S/C32H40N4O4/c1-31(2,3)39-29(37)35-15-7-9-27(35)33-25-13-11-21-18-24-20-26(14-12-22(24)17-23(21)19-25)34-28-10-8-16-36(28)30(38)40-32(4,5)6/h11-14,19-20H,7-10,15-18H2,1-6H3/b33-27-,34-28+. The molecule has 0 bridgehead atoms. The van der Waals surface area contributed by atoms with Crippen molar-refractivity contribution in [3.63, 3.8) is 0 Å². The number of hydrogen-bond acceptors (Lipinski definition) is 6. The number of hydrogen-bond donors (Lipinski definition) is 0. The van der Waals surface area contributed by atoms with E-state index in [9.17, 15) is 9.59 Å². The van der Waals surface area contributed by atoms with Gasteiger partial charge >= 0.3 is 12.2 Å². The molecule has 8 heteroatoms. The highest BCUT2D eigenvalue weighted by Crippen LogP contribution is 2.33. The van der Waals surface area contributed by atoms with Crippen molar-refractivity contribution in [2.75, 3.05) is 13.1 Å². The summed E-state index contributed by atoms with van der Waals surface area (Å²) in [5.41, 5.74) is 5.69. The smallest absolute Gasteiger partial charge is 0.415 e. The minimum Gasteiger partial charge on any atom is -0.443 e. The fraction of sp³-hybridized carbons (Fsp3) is 0.500. The van der Waals surface area contributed by atoms with Crippen molar-refractivity contribution in [3.05, 3.63) is 58.7 Å². The monoisotopic (exact) mass is 544 g/mol. The Morgan fingerprint density at radius 2 is 1.05 bits per heavy atom. The van der Waals surface area contributed by atoms with Crippen LogP contribution in [-0.2, 0) is 22.3 Å². The number of carbonyl (C=O) groups excluding carboxylic acids is 2. The van der Waals surface area contributed by atoms with Crippen LogP contribution in [0.3, 0.4) is 0 Å². The SMILES string of the molecule is CC(C)(C)OC(=O)N1CCC/C1=N/c1ccc2c(c1)Cc1ccc(/N=C3\CCCN3C(=O)OC(C)(C)C)cc1C2. The number of nitrogens with zero attached hydrogens (tertiary/aromatic N) is 4. The molecule has 0 radical (unpaired) electrons. The minimum atomic E-state index is -0.537. The van der Waals surface area contributed by atoms with Gasteiger partial charge in [0.05, 0.1) is 11.4 Å². The Morgan fingerprint density at radius 3 is 1.43 bits per heavy atom. The van der Waals surface area contributed by atoms with E-state index in [1.54, 1.807) is 9.80 Å². The summed E-state index contributed by atoms with van der Waals surface area (Å²) < 4.78 is 11.2. The highest BCUT2D eigenvalue weighted by atomic mass is 16.6. The van der Waals surface area contributed by atoms with Crippen molar-refractivity contribution in [3.8, 4) is 0 Å². The molecule has 2 aliphatic heterocycles. The van der Waals surface area contributed by atoms with Gasteiger partial charge in [-0.3, -0.25) is 9.80 Å². The quantitative estimate of drug-likeness (QED) is 0.339. The molecule has 0 N–H and O–H groups in total. The minimum absolute atomic E-state index is 0.332. The van der Waals surface area contributed by atoms with Crippen LogP contribution in [0.2, 0.25) is 0 Å². The molecule has 8 nitrogen and oxygen atoms in total. The molecule has 0 aromatic heterocycles. The van der Waals surface area contributed by atoms with Gasteiger partial charge in [-0.2, -0.15) is 0 Å². The fourth-order valence-electron chi connectivity index (χ4n) is 5.32. The molecule has 40 heavy (non-hydrogen) atoms. The molecule has 2 fully saturated rings. The molecule has 1 aliphatic carbocycles. The van der Waals surface area contributed by atoms with Crippen LogP contribution in [0.4, 0.5) is 21.0 Å². The van der Waals surface area contributed by atoms with Crippen molar-refractivity contribution in [1.82, 2.24) is 9.80 Å². The number of amidine groups is 2. The highest BCUT2D eigenvalue weighted by Gasteiger charge is 2.31. The van der Waals surface area contributed by atoms with Gasteiger partial charge in [0.1, 0.15) is 22.9 Å². The first-order chi connectivity index (χ1) is 18.8. The van der Waals surface area contributed by atoms with Crippen molar-refractivity contribution in [2.24, 2.45) is 9.98 Å². The van der Waals surface area contributed by atoms with Crippen molar-refractivity contribution >= 4 is 35.2 Å². The Balaban J connectivity index is 1.31. The van der Waals surface area contributed by atoms with Crippen LogP contribution < -0.4 is 0 Å². The molecule has 2 heterocycles. The molecule has 2 aromatic rings. The van der Waals surface area contributed by atoms with E-state index in [2.05, 4.69) is 24.3 Å². The third-order valence-corrected chi connectivity index (χ3v) is 7.07. The Morgan fingerprint density at radius 1 is 0.650 bits per heavy atom. The number of rotatable bonds is 2. The van der Waals surface area contributed by atoms with Crippen LogP contribution in [0.1, 0.15) is 89.5 Å². The molecule has 0 spiro atoms. The predicted molar refractivity (Wildman–Crippen MR) is 157 cm³/mol. The van der Waals surface area contributed by atoms with Gasteiger partial charge in [-0.25, -0.2) is 19.6 Å². The van der Waals surface area contributed by atoms with E-state index in [4.69, 9.17) is 19.5 Å². The maximum absolute atomic E-state index is 12.7. The first kappa shape index (κ1) is 27.9. The molecule has 2 amide bonds. The molecule has 5 rings (SSSR count). The van der Waals surface area contributed by atoms with E-state index in [1.807, 2.05) is 53.7 Å². The molecule has 2 saturated heterocycles. The second kappa shape index (κ2) is 10.7. The van der Waals surface area contributed by atoms with Crippen LogP contribution in [0, 0.1) is 0 Å². The average Bonchev–Trinajstić information content (AvgIpc) is 3.50. The number of likely N-dealkylation sites (tertiary alicyclic amines) is 2. The summed E-state index contributed by atoms with van der Waals surface area (Å²) in [6.45, 7) is 12.5. The fourth-order valence-corrected chi connectivity index (χ4v) is 5.32. The Bertz CT molecular complexity index is 1270. The van der Waals surface area contributed by atoms with Gasteiger partial charge in [0.25, 0.3) is 0 Å². The summed E-state index contributed by atoms with van der Waals surface area (Å²) in [7, 11) is 0. The molecular weight excluding hydrogens is 504 g/mol. The topological polar surface area (TPSA) is 83.8 Å². The van der Waals surface area contributed by atoms with Crippen LogP contribution in [0.15, 0.2) is 46.4 Å². The third-order valence-electron chi connectivity index (χ3n) is 7.07. The zero-order valence-electron chi connectivity index (χ0n) is 24.5. The lowest BCUT2D eigenvalue weighted by Gasteiger charge is -2.25. The lowest BCUT2D eigenvalue weighted by atomic mass is 9.85. The molecule has 0 unspecified atom stereocenters. The maximum Gasteiger partial charge on any atom is 0.415 e. The predicted octanol–water partition coefficient (Wildman–Crippen LogP) is 7.30. The van der Waals surface area contributed by atoms with E-state index in [0.717, 1.165) is 61.6 Å². The van der Waals surface area contributed by atoms with Crippen molar-refractivity contribution in [2.45, 2.75) is 91.3 Å². The van der Waals surface area contributed by atoms with E-state index in [1.165, 1.54) is 22.3 Å². The largest absolute Gasteiger partial charge is 0.443 e. The molecule has 212 valence electrons. The maximum atomic E-state index is 12.7. The lowest BCUT2D eigenvalue weighted by Crippen LogP contribution is -2.37. The number of benzene rings is 2. The summed E-state index contributed by atoms with van der Waals surface area (Å²) in [5.74, 6) is 1.53. The van der Waals surface area contributed by atoms with Crippen LogP contribution in [-0.4, -0.2) is 57.9 Å². The van der Waals surface area contributed by atoms with Gasteiger partial charge in [0.15, 0.2) is 0 Å². The zero-order chi connectivity index (χ0) is 28.7. The van der Waals surface area contributed by atoms with Gasteiger partial charge in [0.2, 0.25) is 0 Å². The van der Waals surface area contributed by atoms with E-state index >= 15 is 0 Å². The Kier molecular flexibility index (Phi) is 7.46. The molecule has 0 saturated carbocycles. The zero-order valence-corrected chi connectivity index (χ0v) is 24.5. The summed E-state index contributed by atoms with van der Waals surface area (Å²) in [6, 6.07) is 12.6. The summed E-state index contributed by atoms with van der Waals surface area (Å²) in [5, 5.41) is 0. The van der Waals surface area contributed by atoms with Crippen LogP contribution in [0.25, 0.3) is 0 Å². The first-order valence-corrected chi connectivity index (χ1v) is 14.2. The molecule has 2 aromatic carbocycles. The van der Waals surface area contributed by atoms with Crippen molar-refractivity contribution < 1.29 is 19.1 Å². The van der Waals surface area contributed by atoms with Gasteiger partial charge in [-0.05, 0) is 114 Å². The lowest BCUT2D eigenvalue weighted by molar-refractivity contribution is 0.0372. The number of amides is 2. The molecule has 3 aliphatic rings. The molecular formula is C32H40N4O4. The number of fused-ring (bicyclic) bond motifs is 2. The number of aliphatic imine (C=N–C) groups is 2. The van der Waals surface area contributed by atoms with Gasteiger partial charge in [-0.15, -0.1) is 0 Å². The molecule has 0 atom stereocenters. The number of ether oxygens (including phenoxy) is 2. The van der Waals surface area contributed by atoms with E-state index in [-0.39, 0.29) is 12.2 Å². The summed E-state index contributed by atoms with van der Waals surface area (Å²) in [6.07, 6.45) is 4.27. The first-order valence-electron chi connectivity index (χ1n) is 14.2. The Labute approximate surface area is 237 Å². The van der Waals surface area contributed by atoms with Gasteiger partial charge < -0.3 is 9.47 Å². The third kappa shape index (κ3) is 6.54. The summed E-state index contributed by atoms with van der Waals surface area (Å²) >= 11 is 0. The Hall–Kier alpha value is -3.68.